The van der Waals surface area contributed by atoms with Crippen LogP contribution in [-0.2, 0) is 10.9 Å². The highest BCUT2D eigenvalue weighted by Crippen LogP contribution is 2.34. The minimum Gasteiger partial charge on any atom is -0.465 e. The van der Waals surface area contributed by atoms with Crippen LogP contribution >= 0.6 is 0 Å². The van der Waals surface area contributed by atoms with Crippen LogP contribution in [0.5, 0.6) is 0 Å². The Morgan fingerprint density at radius 3 is 2.22 bits per heavy atom. The van der Waals surface area contributed by atoms with Crippen molar-refractivity contribution in [2.45, 2.75) is 6.18 Å². The van der Waals surface area contributed by atoms with Crippen LogP contribution in [0, 0.1) is 10.1 Å². The Hall–Kier alpha value is -2.90. The quantitative estimate of drug-likeness (QED) is 0.484. The average molecular weight is 325 g/mol. The molecule has 0 aliphatic rings. The lowest BCUT2D eigenvalue weighted by molar-refractivity contribution is -0.384. The van der Waals surface area contributed by atoms with Crippen molar-refractivity contribution in [2.24, 2.45) is 0 Å². The third-order valence-corrected chi connectivity index (χ3v) is 3.14. The van der Waals surface area contributed by atoms with Crippen molar-refractivity contribution in [2.75, 3.05) is 7.11 Å². The number of methoxy groups -OCH3 is 1. The van der Waals surface area contributed by atoms with E-state index in [4.69, 9.17) is 0 Å². The van der Waals surface area contributed by atoms with Crippen LogP contribution in [0.2, 0.25) is 0 Å². The summed E-state index contributed by atoms with van der Waals surface area (Å²) in [6, 6.07) is 7.60. The SMILES string of the molecule is COC(=O)c1ccc(-c2ccc(C(F)(F)F)cc2)c([N+](=O)[O-])c1. The molecule has 0 aromatic heterocycles. The molecule has 0 heterocycles. The van der Waals surface area contributed by atoms with Gasteiger partial charge in [-0.15, -0.1) is 0 Å². The van der Waals surface area contributed by atoms with Gasteiger partial charge in [0.15, 0.2) is 0 Å². The van der Waals surface area contributed by atoms with Crippen LogP contribution in [0.1, 0.15) is 15.9 Å². The number of esters is 1. The topological polar surface area (TPSA) is 69.4 Å². The lowest BCUT2D eigenvalue weighted by Gasteiger charge is -2.09. The van der Waals surface area contributed by atoms with Crippen molar-refractivity contribution in [1.82, 2.24) is 0 Å². The van der Waals surface area contributed by atoms with Gasteiger partial charge in [-0.2, -0.15) is 13.2 Å². The van der Waals surface area contributed by atoms with Crippen molar-refractivity contribution >= 4 is 11.7 Å². The number of benzene rings is 2. The second-order valence-corrected chi connectivity index (χ2v) is 4.56. The Kier molecular flexibility index (Phi) is 4.35. The average Bonchev–Trinajstić information content (AvgIpc) is 2.52. The summed E-state index contributed by atoms with van der Waals surface area (Å²) in [6.07, 6.45) is -4.49. The summed E-state index contributed by atoms with van der Waals surface area (Å²) in [6.45, 7) is 0. The molecule has 0 saturated heterocycles. The summed E-state index contributed by atoms with van der Waals surface area (Å²) in [5.74, 6) is -0.743. The van der Waals surface area contributed by atoms with Crippen LogP contribution in [0.3, 0.4) is 0 Å². The van der Waals surface area contributed by atoms with Crippen molar-refractivity contribution in [1.29, 1.82) is 0 Å². The zero-order valence-electron chi connectivity index (χ0n) is 11.8. The molecule has 23 heavy (non-hydrogen) atoms. The summed E-state index contributed by atoms with van der Waals surface area (Å²) < 4.78 is 42.1. The third-order valence-electron chi connectivity index (χ3n) is 3.14. The number of alkyl halides is 3. The Morgan fingerprint density at radius 1 is 1.13 bits per heavy atom. The van der Waals surface area contributed by atoms with E-state index in [9.17, 15) is 28.1 Å². The van der Waals surface area contributed by atoms with E-state index in [1.165, 1.54) is 12.1 Å². The molecule has 0 saturated carbocycles. The predicted octanol–water partition coefficient (Wildman–Crippen LogP) is 4.07. The third kappa shape index (κ3) is 3.47. The number of halogens is 3. The minimum atomic E-state index is -4.49. The molecule has 0 radical (unpaired) electrons. The van der Waals surface area contributed by atoms with Gasteiger partial charge in [-0.1, -0.05) is 12.1 Å². The molecule has 5 nitrogen and oxygen atoms in total. The molecule has 120 valence electrons. The predicted molar refractivity (Wildman–Crippen MR) is 74.9 cm³/mol. The Morgan fingerprint density at radius 2 is 1.74 bits per heavy atom. The summed E-state index contributed by atoms with van der Waals surface area (Å²) >= 11 is 0. The van der Waals surface area contributed by atoms with Gasteiger partial charge in [0, 0.05) is 6.07 Å². The largest absolute Gasteiger partial charge is 0.465 e. The highest BCUT2D eigenvalue weighted by molar-refractivity contribution is 5.92. The molecule has 0 unspecified atom stereocenters. The van der Waals surface area contributed by atoms with Gasteiger partial charge >= 0.3 is 12.1 Å². The maximum atomic E-state index is 12.6. The van der Waals surface area contributed by atoms with Crippen LogP contribution in [0.25, 0.3) is 11.1 Å². The first-order valence-corrected chi connectivity index (χ1v) is 6.28. The van der Waals surface area contributed by atoms with Crippen LogP contribution < -0.4 is 0 Å². The van der Waals surface area contributed by atoms with Crippen molar-refractivity contribution in [3.05, 3.63) is 63.7 Å². The van der Waals surface area contributed by atoms with E-state index >= 15 is 0 Å². The molecule has 0 amide bonds. The monoisotopic (exact) mass is 325 g/mol. The molecule has 0 N–H and O–H groups in total. The van der Waals surface area contributed by atoms with Crippen molar-refractivity contribution in [3.63, 3.8) is 0 Å². The fraction of sp³-hybridized carbons (Fsp3) is 0.133. The summed E-state index contributed by atoms with van der Waals surface area (Å²) in [5.41, 5.74) is -0.921. The number of hydrogen-bond donors (Lipinski definition) is 0. The van der Waals surface area contributed by atoms with Gasteiger partial charge in [0.1, 0.15) is 0 Å². The number of nitro groups is 1. The first-order valence-electron chi connectivity index (χ1n) is 6.28. The van der Waals surface area contributed by atoms with Crippen LogP contribution in [0.15, 0.2) is 42.5 Å². The molecule has 0 fully saturated rings. The van der Waals surface area contributed by atoms with Gasteiger partial charge in [0.2, 0.25) is 0 Å². The van der Waals surface area contributed by atoms with E-state index in [1.54, 1.807) is 0 Å². The first-order chi connectivity index (χ1) is 10.7. The van der Waals surface area contributed by atoms with Gasteiger partial charge in [-0.25, -0.2) is 4.79 Å². The van der Waals surface area contributed by atoms with Crippen molar-refractivity contribution in [3.8, 4) is 11.1 Å². The Bertz CT molecular complexity index is 754. The number of carbonyl (C=O) groups excluding carboxylic acids is 1. The van der Waals surface area contributed by atoms with Crippen LogP contribution in [-0.4, -0.2) is 18.0 Å². The fourth-order valence-corrected chi connectivity index (χ4v) is 2.01. The number of rotatable bonds is 3. The molecule has 8 heteroatoms. The highest BCUT2D eigenvalue weighted by atomic mass is 19.4. The van der Waals surface area contributed by atoms with Gasteiger partial charge < -0.3 is 4.74 Å². The molecule has 0 aliphatic carbocycles. The van der Waals surface area contributed by atoms with E-state index in [1.807, 2.05) is 0 Å². The fourth-order valence-electron chi connectivity index (χ4n) is 2.01. The Labute approximate surface area is 128 Å². The molecule has 0 spiro atoms. The normalized spacial score (nSPS) is 11.1. The lowest BCUT2D eigenvalue weighted by Crippen LogP contribution is -2.04. The molecule has 2 aromatic rings. The number of nitrogens with zero attached hydrogens (tertiary/aromatic N) is 1. The maximum absolute atomic E-state index is 12.6. The highest BCUT2D eigenvalue weighted by Gasteiger charge is 2.30. The maximum Gasteiger partial charge on any atom is 0.416 e. The first kappa shape index (κ1) is 16.5. The summed E-state index contributed by atoms with van der Waals surface area (Å²) in [7, 11) is 1.14. The molecular weight excluding hydrogens is 315 g/mol. The number of ether oxygens (including phenoxy) is 1. The van der Waals surface area contributed by atoms with Gasteiger partial charge in [0.25, 0.3) is 5.69 Å². The van der Waals surface area contributed by atoms with Gasteiger partial charge in [-0.3, -0.25) is 10.1 Å². The standard InChI is InChI=1S/C15H10F3NO4/c1-23-14(20)10-4-7-12(13(8-10)19(21)22)9-2-5-11(6-3-9)15(16,17)18/h2-8H,1H3. The minimum absolute atomic E-state index is 0.0186. The van der Waals surface area contributed by atoms with E-state index in [0.717, 1.165) is 37.4 Å². The molecule has 0 bridgehead atoms. The molecule has 2 rings (SSSR count). The summed E-state index contributed by atoms with van der Waals surface area (Å²) in [4.78, 5) is 21.9. The molecular formula is C15H10F3NO4. The van der Waals surface area contributed by atoms with Gasteiger partial charge in [0.05, 0.1) is 28.7 Å². The van der Waals surface area contributed by atoms with E-state index < -0.39 is 28.3 Å². The second-order valence-electron chi connectivity index (χ2n) is 4.56. The van der Waals surface area contributed by atoms with Crippen molar-refractivity contribution < 1.29 is 27.6 Å². The lowest BCUT2D eigenvalue weighted by atomic mass is 10.00. The number of nitro benzene ring substituents is 1. The molecule has 2 aromatic carbocycles. The van der Waals surface area contributed by atoms with Crippen LogP contribution in [0.4, 0.5) is 18.9 Å². The zero-order valence-corrected chi connectivity index (χ0v) is 11.8. The smallest absolute Gasteiger partial charge is 0.416 e. The van der Waals surface area contributed by atoms with E-state index in [2.05, 4.69) is 4.74 Å². The second kappa shape index (κ2) is 6.07. The van der Waals surface area contributed by atoms with Gasteiger partial charge in [-0.05, 0) is 29.8 Å². The van der Waals surface area contributed by atoms with E-state index in [0.29, 0.717) is 0 Å². The number of hydrogen-bond acceptors (Lipinski definition) is 4. The zero-order chi connectivity index (χ0) is 17.2. The molecule has 0 aliphatic heterocycles. The molecule has 0 atom stereocenters. The summed E-state index contributed by atoms with van der Waals surface area (Å²) in [5, 5.41) is 11.2. The Balaban J connectivity index is 2.50. The number of carbonyl (C=O) groups is 1. The van der Waals surface area contributed by atoms with E-state index in [-0.39, 0.29) is 16.7 Å².